The van der Waals surface area contributed by atoms with Gasteiger partial charge in [0.15, 0.2) is 0 Å². The fraction of sp³-hybridized carbons (Fsp3) is 0.182. The van der Waals surface area contributed by atoms with Crippen molar-refractivity contribution in [2.24, 2.45) is 0 Å². The molecule has 132 valence electrons. The molecule has 26 heavy (non-hydrogen) atoms. The molecule has 0 radical (unpaired) electrons. The van der Waals surface area contributed by atoms with Gasteiger partial charge in [-0.2, -0.15) is 5.10 Å². The Hall–Kier alpha value is -3.14. The largest absolute Gasteiger partial charge is 0.353 e. The number of benzene rings is 2. The van der Waals surface area contributed by atoms with Gasteiger partial charge in [0.25, 0.3) is 0 Å². The fourth-order valence-electron chi connectivity index (χ4n) is 2.70. The maximum atomic E-state index is 11.9. The standard InChI is InChI=1S/C22H23N3O/c1-2-15-23-21(26)14-13-20-17-25(16-18-9-5-3-6-10-18)24-22(20)19-11-7-4-8-12-19/h3-14,17H,2,15-16H2,1H3,(H,23,26)/b14-13+. The van der Waals surface area contributed by atoms with Gasteiger partial charge in [-0.25, -0.2) is 0 Å². The first-order chi connectivity index (χ1) is 12.8. The normalized spacial score (nSPS) is 11.0. The van der Waals surface area contributed by atoms with E-state index < -0.39 is 0 Å². The Morgan fingerprint density at radius 3 is 2.46 bits per heavy atom. The Labute approximate surface area is 154 Å². The topological polar surface area (TPSA) is 46.9 Å². The van der Waals surface area contributed by atoms with Crippen molar-refractivity contribution in [3.63, 3.8) is 0 Å². The van der Waals surface area contributed by atoms with E-state index in [1.54, 1.807) is 6.08 Å². The lowest BCUT2D eigenvalue weighted by molar-refractivity contribution is -0.116. The Morgan fingerprint density at radius 2 is 1.77 bits per heavy atom. The first kappa shape index (κ1) is 17.7. The summed E-state index contributed by atoms with van der Waals surface area (Å²) in [5, 5.41) is 7.61. The van der Waals surface area contributed by atoms with Crippen LogP contribution in [0.2, 0.25) is 0 Å². The molecule has 4 nitrogen and oxygen atoms in total. The van der Waals surface area contributed by atoms with Crippen molar-refractivity contribution >= 4 is 12.0 Å². The van der Waals surface area contributed by atoms with Crippen molar-refractivity contribution in [3.05, 3.63) is 84.1 Å². The number of nitrogens with one attached hydrogen (secondary N) is 1. The number of nitrogens with zero attached hydrogens (tertiary/aromatic N) is 2. The zero-order valence-electron chi connectivity index (χ0n) is 14.9. The second-order valence-corrected chi connectivity index (χ2v) is 6.11. The molecule has 3 aromatic rings. The first-order valence-electron chi connectivity index (χ1n) is 8.89. The van der Waals surface area contributed by atoms with Crippen molar-refractivity contribution < 1.29 is 4.79 Å². The zero-order chi connectivity index (χ0) is 18.2. The summed E-state index contributed by atoms with van der Waals surface area (Å²) in [5.74, 6) is -0.0818. The monoisotopic (exact) mass is 345 g/mol. The predicted octanol–water partition coefficient (Wildman–Crippen LogP) is 4.14. The maximum Gasteiger partial charge on any atom is 0.244 e. The Morgan fingerprint density at radius 1 is 1.08 bits per heavy atom. The van der Waals surface area contributed by atoms with Crippen LogP contribution < -0.4 is 5.32 Å². The second kappa shape index (κ2) is 8.81. The molecule has 1 heterocycles. The molecule has 0 atom stereocenters. The highest BCUT2D eigenvalue weighted by Crippen LogP contribution is 2.23. The molecular weight excluding hydrogens is 322 g/mol. The molecule has 4 heteroatoms. The molecule has 1 amide bonds. The van der Waals surface area contributed by atoms with Crippen LogP contribution in [-0.4, -0.2) is 22.2 Å². The summed E-state index contributed by atoms with van der Waals surface area (Å²) in [6, 6.07) is 20.2. The molecule has 3 rings (SSSR count). The average molecular weight is 345 g/mol. The van der Waals surface area contributed by atoms with Crippen LogP contribution >= 0.6 is 0 Å². The van der Waals surface area contributed by atoms with Gasteiger partial charge in [-0.15, -0.1) is 0 Å². The highest BCUT2D eigenvalue weighted by molar-refractivity contribution is 5.92. The molecular formula is C22H23N3O. The lowest BCUT2D eigenvalue weighted by Gasteiger charge is -2.01. The van der Waals surface area contributed by atoms with Gasteiger partial charge >= 0.3 is 0 Å². The van der Waals surface area contributed by atoms with E-state index in [4.69, 9.17) is 5.10 Å². The van der Waals surface area contributed by atoms with Gasteiger partial charge in [0.1, 0.15) is 0 Å². The van der Waals surface area contributed by atoms with Gasteiger partial charge in [0, 0.05) is 29.9 Å². The Kier molecular flexibility index (Phi) is 5.99. The summed E-state index contributed by atoms with van der Waals surface area (Å²) in [5.41, 5.74) is 4.03. The molecule has 0 fully saturated rings. The minimum absolute atomic E-state index is 0.0818. The van der Waals surface area contributed by atoms with Crippen LogP contribution in [0.4, 0.5) is 0 Å². The number of hydrogen-bond donors (Lipinski definition) is 1. The van der Waals surface area contributed by atoms with Crippen molar-refractivity contribution in [2.45, 2.75) is 19.9 Å². The lowest BCUT2D eigenvalue weighted by Crippen LogP contribution is -2.21. The van der Waals surface area contributed by atoms with Gasteiger partial charge in [-0.3, -0.25) is 9.48 Å². The van der Waals surface area contributed by atoms with E-state index in [-0.39, 0.29) is 5.91 Å². The summed E-state index contributed by atoms with van der Waals surface area (Å²) in [4.78, 5) is 11.9. The minimum atomic E-state index is -0.0818. The van der Waals surface area contributed by atoms with Gasteiger partial charge in [-0.1, -0.05) is 67.6 Å². The van der Waals surface area contributed by atoms with Crippen molar-refractivity contribution in [3.8, 4) is 11.3 Å². The third-order valence-electron chi connectivity index (χ3n) is 3.99. The summed E-state index contributed by atoms with van der Waals surface area (Å²) in [6.45, 7) is 3.41. The highest BCUT2D eigenvalue weighted by Gasteiger charge is 2.10. The van der Waals surface area contributed by atoms with E-state index in [0.717, 1.165) is 23.2 Å². The number of carbonyl (C=O) groups is 1. The number of hydrogen-bond acceptors (Lipinski definition) is 2. The summed E-state index contributed by atoms with van der Waals surface area (Å²) >= 11 is 0. The van der Waals surface area contributed by atoms with Crippen molar-refractivity contribution in [2.75, 3.05) is 6.54 Å². The third-order valence-corrected chi connectivity index (χ3v) is 3.99. The molecule has 0 bridgehead atoms. The van der Waals surface area contributed by atoms with Crippen LogP contribution in [0.5, 0.6) is 0 Å². The molecule has 2 aromatic carbocycles. The quantitative estimate of drug-likeness (QED) is 0.654. The molecule has 0 spiro atoms. The SMILES string of the molecule is CCCNC(=O)/C=C/c1cn(Cc2ccccc2)nc1-c1ccccc1. The van der Waals surface area contributed by atoms with Crippen LogP contribution in [0.25, 0.3) is 17.3 Å². The predicted molar refractivity (Wildman–Crippen MR) is 106 cm³/mol. The van der Waals surface area contributed by atoms with Crippen LogP contribution in [0, 0.1) is 0 Å². The molecule has 0 saturated heterocycles. The molecule has 0 aliphatic carbocycles. The van der Waals surface area contributed by atoms with E-state index in [2.05, 4.69) is 17.4 Å². The fourth-order valence-corrected chi connectivity index (χ4v) is 2.70. The van der Waals surface area contributed by atoms with E-state index in [9.17, 15) is 4.79 Å². The minimum Gasteiger partial charge on any atom is -0.353 e. The van der Waals surface area contributed by atoms with Crippen LogP contribution in [0.15, 0.2) is 72.9 Å². The summed E-state index contributed by atoms with van der Waals surface area (Å²) in [7, 11) is 0. The van der Waals surface area contributed by atoms with Crippen molar-refractivity contribution in [1.29, 1.82) is 0 Å². The van der Waals surface area contributed by atoms with Crippen LogP contribution in [0.1, 0.15) is 24.5 Å². The van der Waals surface area contributed by atoms with E-state index in [1.807, 2.05) is 72.4 Å². The molecule has 0 saturated carbocycles. The number of amides is 1. The molecule has 0 aliphatic heterocycles. The zero-order valence-corrected chi connectivity index (χ0v) is 14.9. The van der Waals surface area contributed by atoms with Gasteiger partial charge in [0.2, 0.25) is 5.91 Å². The summed E-state index contributed by atoms with van der Waals surface area (Å²) < 4.78 is 1.92. The van der Waals surface area contributed by atoms with Crippen molar-refractivity contribution in [1.82, 2.24) is 15.1 Å². The number of aromatic nitrogens is 2. The van der Waals surface area contributed by atoms with E-state index in [0.29, 0.717) is 13.1 Å². The second-order valence-electron chi connectivity index (χ2n) is 6.11. The third kappa shape index (κ3) is 4.70. The Balaban J connectivity index is 1.88. The number of carbonyl (C=O) groups excluding carboxylic acids is 1. The lowest BCUT2D eigenvalue weighted by atomic mass is 10.1. The molecule has 1 aromatic heterocycles. The van der Waals surface area contributed by atoms with Gasteiger partial charge in [-0.05, 0) is 18.1 Å². The van der Waals surface area contributed by atoms with Crippen LogP contribution in [0.3, 0.4) is 0 Å². The molecule has 1 N–H and O–H groups in total. The molecule has 0 aliphatic rings. The summed E-state index contributed by atoms with van der Waals surface area (Å²) in [6.07, 6.45) is 6.32. The Bertz CT molecular complexity index is 867. The first-order valence-corrected chi connectivity index (χ1v) is 8.89. The smallest absolute Gasteiger partial charge is 0.244 e. The maximum absolute atomic E-state index is 11.9. The highest BCUT2D eigenvalue weighted by atomic mass is 16.1. The van der Waals surface area contributed by atoms with E-state index in [1.165, 1.54) is 5.56 Å². The van der Waals surface area contributed by atoms with Gasteiger partial charge < -0.3 is 5.32 Å². The average Bonchev–Trinajstić information content (AvgIpc) is 3.09. The number of rotatable bonds is 7. The van der Waals surface area contributed by atoms with Crippen LogP contribution in [-0.2, 0) is 11.3 Å². The molecule has 0 unspecified atom stereocenters. The van der Waals surface area contributed by atoms with Gasteiger partial charge in [0.05, 0.1) is 12.2 Å². The van der Waals surface area contributed by atoms with E-state index >= 15 is 0 Å².